The molecule has 0 amide bonds. The van der Waals surface area contributed by atoms with Gasteiger partial charge in [-0.1, -0.05) is 30.7 Å². The second kappa shape index (κ2) is 4.80. The molecular weight excluding hydrogens is 220 g/mol. The minimum Gasteiger partial charge on any atom is -0.228 e. The van der Waals surface area contributed by atoms with Crippen molar-refractivity contribution >= 4 is 21.4 Å². The molecule has 0 atom stereocenters. The molecule has 0 heterocycles. The maximum atomic E-state index is 11.5. The fraction of sp³-hybridized carbons (Fsp3) is 0.400. The van der Waals surface area contributed by atoms with Crippen molar-refractivity contribution in [3.05, 3.63) is 34.9 Å². The summed E-state index contributed by atoms with van der Waals surface area (Å²) in [5.74, 6) is 0.355. The highest BCUT2D eigenvalue weighted by molar-refractivity contribution is 7.90. The SMILES string of the molecule is CCCS(=O)(=O)Cc1ccc(Cl)cc1. The Balaban J connectivity index is 2.74. The summed E-state index contributed by atoms with van der Waals surface area (Å²) >= 11 is 5.69. The van der Waals surface area contributed by atoms with E-state index >= 15 is 0 Å². The zero-order valence-corrected chi connectivity index (χ0v) is 9.61. The molecule has 0 radical (unpaired) electrons. The Hall–Kier alpha value is -0.540. The summed E-state index contributed by atoms with van der Waals surface area (Å²) < 4.78 is 22.9. The van der Waals surface area contributed by atoms with Crippen LogP contribution in [0.1, 0.15) is 18.9 Å². The van der Waals surface area contributed by atoms with Gasteiger partial charge in [-0.25, -0.2) is 8.42 Å². The van der Waals surface area contributed by atoms with Crippen LogP contribution >= 0.6 is 11.6 Å². The molecule has 0 saturated carbocycles. The van der Waals surface area contributed by atoms with Crippen molar-refractivity contribution < 1.29 is 8.42 Å². The normalized spacial score (nSPS) is 11.6. The molecular formula is C10H13ClO2S. The third-order valence-electron chi connectivity index (χ3n) is 1.81. The van der Waals surface area contributed by atoms with Gasteiger partial charge in [-0.05, 0) is 24.1 Å². The van der Waals surface area contributed by atoms with Crippen LogP contribution in [0.5, 0.6) is 0 Å². The maximum absolute atomic E-state index is 11.5. The summed E-state index contributed by atoms with van der Waals surface area (Å²) in [6.45, 7) is 1.86. The van der Waals surface area contributed by atoms with E-state index in [2.05, 4.69) is 0 Å². The van der Waals surface area contributed by atoms with E-state index in [-0.39, 0.29) is 11.5 Å². The van der Waals surface area contributed by atoms with E-state index in [1.54, 1.807) is 24.3 Å². The Morgan fingerprint density at radius 2 is 1.79 bits per heavy atom. The third-order valence-corrected chi connectivity index (χ3v) is 3.87. The highest BCUT2D eigenvalue weighted by Gasteiger charge is 2.09. The molecule has 78 valence electrons. The van der Waals surface area contributed by atoms with Crippen LogP contribution in [0.25, 0.3) is 0 Å². The van der Waals surface area contributed by atoms with E-state index in [0.29, 0.717) is 11.4 Å². The average Bonchev–Trinajstić information content (AvgIpc) is 2.08. The Kier molecular flexibility index (Phi) is 3.96. The molecule has 0 aliphatic heterocycles. The lowest BCUT2D eigenvalue weighted by molar-refractivity contribution is 0.594. The van der Waals surface area contributed by atoms with Gasteiger partial charge in [-0.15, -0.1) is 0 Å². The standard InChI is InChI=1S/C10H13ClO2S/c1-2-7-14(12,13)8-9-3-5-10(11)6-4-9/h3-6H,2,7-8H2,1H3. The number of halogens is 1. The van der Waals surface area contributed by atoms with Crippen molar-refractivity contribution in [3.8, 4) is 0 Å². The number of hydrogen-bond acceptors (Lipinski definition) is 2. The van der Waals surface area contributed by atoms with Crippen molar-refractivity contribution in [2.24, 2.45) is 0 Å². The topological polar surface area (TPSA) is 34.1 Å². The average molecular weight is 233 g/mol. The Morgan fingerprint density at radius 3 is 2.29 bits per heavy atom. The fourth-order valence-corrected chi connectivity index (χ4v) is 2.81. The number of benzene rings is 1. The van der Waals surface area contributed by atoms with Gasteiger partial charge in [0.1, 0.15) is 0 Å². The molecule has 0 saturated heterocycles. The second-order valence-corrected chi connectivity index (χ2v) is 5.84. The van der Waals surface area contributed by atoms with E-state index in [1.807, 2.05) is 6.92 Å². The number of sulfone groups is 1. The summed E-state index contributed by atoms with van der Waals surface area (Å²) in [7, 11) is -2.94. The minimum atomic E-state index is -2.94. The lowest BCUT2D eigenvalue weighted by Gasteiger charge is -2.02. The van der Waals surface area contributed by atoms with E-state index in [4.69, 9.17) is 11.6 Å². The van der Waals surface area contributed by atoms with Crippen molar-refractivity contribution in [2.75, 3.05) is 5.75 Å². The van der Waals surface area contributed by atoms with Crippen molar-refractivity contribution in [2.45, 2.75) is 19.1 Å². The predicted octanol–water partition coefficient (Wildman–Crippen LogP) is 2.66. The molecule has 1 aromatic carbocycles. The molecule has 4 heteroatoms. The van der Waals surface area contributed by atoms with Crippen molar-refractivity contribution in [1.82, 2.24) is 0 Å². The molecule has 0 aromatic heterocycles. The van der Waals surface area contributed by atoms with E-state index in [0.717, 1.165) is 5.56 Å². The Morgan fingerprint density at radius 1 is 1.21 bits per heavy atom. The van der Waals surface area contributed by atoms with Gasteiger partial charge in [0.15, 0.2) is 9.84 Å². The first-order valence-corrected chi connectivity index (χ1v) is 6.68. The Labute approximate surface area is 89.8 Å². The second-order valence-electron chi connectivity index (χ2n) is 3.22. The molecule has 0 N–H and O–H groups in total. The molecule has 14 heavy (non-hydrogen) atoms. The molecule has 2 nitrogen and oxygen atoms in total. The van der Waals surface area contributed by atoms with Gasteiger partial charge in [0.2, 0.25) is 0 Å². The highest BCUT2D eigenvalue weighted by Crippen LogP contribution is 2.12. The molecule has 0 fully saturated rings. The highest BCUT2D eigenvalue weighted by atomic mass is 35.5. The maximum Gasteiger partial charge on any atom is 0.154 e. The molecule has 0 unspecified atom stereocenters. The quantitative estimate of drug-likeness (QED) is 0.800. The van der Waals surface area contributed by atoms with Crippen LogP contribution in [0, 0.1) is 0 Å². The van der Waals surface area contributed by atoms with Crippen LogP contribution in [-0.4, -0.2) is 14.2 Å². The largest absolute Gasteiger partial charge is 0.228 e. The Bertz CT molecular complexity index is 381. The third kappa shape index (κ3) is 3.68. The van der Waals surface area contributed by atoms with Gasteiger partial charge in [0.25, 0.3) is 0 Å². The van der Waals surface area contributed by atoms with Gasteiger partial charge < -0.3 is 0 Å². The van der Waals surface area contributed by atoms with Crippen molar-refractivity contribution in [1.29, 1.82) is 0 Å². The molecule has 0 bridgehead atoms. The molecule has 0 aliphatic carbocycles. The summed E-state index contributed by atoms with van der Waals surface area (Å²) in [5.41, 5.74) is 0.794. The molecule has 1 aromatic rings. The first-order valence-electron chi connectivity index (χ1n) is 4.48. The van der Waals surface area contributed by atoms with Crippen LogP contribution in [-0.2, 0) is 15.6 Å². The lowest BCUT2D eigenvalue weighted by Crippen LogP contribution is -2.08. The molecule has 0 aliphatic rings. The summed E-state index contributed by atoms with van der Waals surface area (Å²) in [6.07, 6.45) is 0.663. The smallest absolute Gasteiger partial charge is 0.154 e. The van der Waals surface area contributed by atoms with Gasteiger partial charge in [-0.2, -0.15) is 0 Å². The van der Waals surface area contributed by atoms with E-state index in [9.17, 15) is 8.42 Å². The zero-order valence-electron chi connectivity index (χ0n) is 8.03. The summed E-state index contributed by atoms with van der Waals surface area (Å²) in [4.78, 5) is 0. The zero-order chi connectivity index (χ0) is 10.6. The first kappa shape index (κ1) is 11.5. The van der Waals surface area contributed by atoms with Gasteiger partial charge in [-0.3, -0.25) is 0 Å². The van der Waals surface area contributed by atoms with Gasteiger partial charge in [0.05, 0.1) is 11.5 Å². The fourth-order valence-electron chi connectivity index (χ4n) is 1.22. The van der Waals surface area contributed by atoms with E-state index < -0.39 is 9.84 Å². The monoisotopic (exact) mass is 232 g/mol. The van der Waals surface area contributed by atoms with Crippen LogP contribution in [0.2, 0.25) is 5.02 Å². The van der Waals surface area contributed by atoms with Crippen molar-refractivity contribution in [3.63, 3.8) is 0 Å². The first-order chi connectivity index (χ1) is 6.53. The predicted molar refractivity (Wildman–Crippen MR) is 59.2 cm³/mol. The van der Waals surface area contributed by atoms with E-state index in [1.165, 1.54) is 0 Å². The molecule has 1 rings (SSSR count). The number of rotatable bonds is 4. The summed E-state index contributed by atoms with van der Waals surface area (Å²) in [6, 6.07) is 6.90. The van der Waals surface area contributed by atoms with Gasteiger partial charge >= 0.3 is 0 Å². The minimum absolute atomic E-state index is 0.109. The lowest BCUT2D eigenvalue weighted by atomic mass is 10.2. The number of hydrogen-bond donors (Lipinski definition) is 0. The molecule has 0 spiro atoms. The van der Waals surface area contributed by atoms with Crippen LogP contribution < -0.4 is 0 Å². The van der Waals surface area contributed by atoms with Gasteiger partial charge in [0, 0.05) is 5.02 Å². The van der Waals surface area contributed by atoms with Crippen LogP contribution in [0.4, 0.5) is 0 Å². The van der Waals surface area contributed by atoms with Crippen LogP contribution in [0.3, 0.4) is 0 Å². The van der Waals surface area contributed by atoms with Crippen LogP contribution in [0.15, 0.2) is 24.3 Å². The summed E-state index contributed by atoms with van der Waals surface area (Å²) in [5, 5.41) is 0.627.